The van der Waals surface area contributed by atoms with E-state index in [1.165, 1.54) is 36.4 Å². The first-order valence-corrected chi connectivity index (χ1v) is 5.32. The molecule has 1 aliphatic heterocycles. The number of hydrogen-bond donors (Lipinski definition) is 0. The molecular weight excluding hydrogens is 165 g/mol. The fourth-order valence-corrected chi connectivity index (χ4v) is 1.93. The molecule has 0 aromatic carbocycles. The van der Waals surface area contributed by atoms with Crippen molar-refractivity contribution in [2.75, 3.05) is 13.1 Å². The molecule has 0 saturated carbocycles. The lowest BCUT2D eigenvalue weighted by Gasteiger charge is -2.18. The van der Waals surface area contributed by atoms with Gasteiger partial charge in [-0.15, -0.1) is 5.47 Å². The lowest BCUT2D eigenvalue weighted by atomic mass is 10.0. The van der Waals surface area contributed by atoms with Crippen LogP contribution in [-0.2, 0) is 0 Å². The van der Waals surface area contributed by atoms with Crippen LogP contribution in [0.2, 0.25) is 0 Å². The molecule has 1 nitrogen and oxygen atoms in total. The summed E-state index contributed by atoms with van der Waals surface area (Å²) < 4.78 is 0. The summed E-state index contributed by atoms with van der Waals surface area (Å²) in [6.07, 6.45) is 2.66. The fraction of sp³-hybridized carbons (Fsp3) is 0.556. The molecule has 0 spiro atoms. The predicted octanol–water partition coefficient (Wildman–Crippen LogP) is 1.78. The predicted molar refractivity (Wildman–Crippen MR) is 59.8 cm³/mol. The lowest BCUT2D eigenvalue weighted by molar-refractivity contribution is 0.459. The van der Waals surface area contributed by atoms with E-state index in [2.05, 4.69) is 31.7 Å². The smallest absolute Gasteiger partial charge is 0.134 e. The average molecular weight is 181 g/mol. The summed E-state index contributed by atoms with van der Waals surface area (Å²) in [5.41, 5.74) is 1.35. The Hall–Kier alpha value is -0.305. The minimum atomic E-state index is 1.20. The minimum Gasteiger partial charge on any atom is -0.367 e. The number of nitrogens with zero attached hydrogens (tertiary/aromatic N) is 1. The highest BCUT2D eigenvalue weighted by Crippen LogP contribution is 2.24. The van der Waals surface area contributed by atoms with Crippen molar-refractivity contribution in [3.05, 3.63) is 22.5 Å². The van der Waals surface area contributed by atoms with E-state index >= 15 is 0 Å². The highest BCUT2D eigenvalue weighted by Gasteiger charge is 2.12. The summed E-state index contributed by atoms with van der Waals surface area (Å²) in [4.78, 5) is 2.37. The van der Waals surface area contributed by atoms with Gasteiger partial charge in [-0.1, -0.05) is 25.3 Å². The van der Waals surface area contributed by atoms with E-state index in [9.17, 15) is 0 Å². The number of hydrogen-bond acceptors (Lipinski definition) is 2. The van der Waals surface area contributed by atoms with Gasteiger partial charge in [-0.25, -0.2) is 0 Å². The molecule has 0 bridgehead atoms. The van der Waals surface area contributed by atoms with Gasteiger partial charge in [0.1, 0.15) is 7.85 Å². The molecule has 0 unspecified atom stereocenters. The van der Waals surface area contributed by atoms with Crippen LogP contribution in [0.25, 0.3) is 0 Å². The van der Waals surface area contributed by atoms with Gasteiger partial charge in [0.15, 0.2) is 0 Å². The van der Waals surface area contributed by atoms with Gasteiger partial charge in [0.05, 0.1) is 5.03 Å². The molecule has 1 aliphatic rings. The number of rotatable bonds is 3. The Labute approximate surface area is 80.3 Å². The van der Waals surface area contributed by atoms with Gasteiger partial charge in [-0.2, -0.15) is 0 Å². The molecule has 0 N–H and O–H groups in total. The second kappa shape index (κ2) is 4.66. The normalized spacial score (nSPS) is 18.4. The van der Waals surface area contributed by atoms with E-state index in [0.29, 0.717) is 0 Å². The SMILES string of the molecule is B/C(C)=C/SC(=C)N1CCCC1. The van der Waals surface area contributed by atoms with Crippen molar-refractivity contribution in [1.29, 1.82) is 0 Å². The van der Waals surface area contributed by atoms with Crippen LogP contribution in [0.4, 0.5) is 0 Å². The van der Waals surface area contributed by atoms with E-state index in [4.69, 9.17) is 0 Å². The first-order valence-electron chi connectivity index (χ1n) is 4.44. The molecule has 0 amide bonds. The zero-order valence-corrected chi connectivity index (χ0v) is 8.78. The maximum Gasteiger partial charge on any atom is 0.134 e. The number of likely N-dealkylation sites (tertiary alicyclic amines) is 1. The molecular formula is C9H16BNS. The van der Waals surface area contributed by atoms with Crippen LogP contribution in [0.5, 0.6) is 0 Å². The molecule has 0 radical (unpaired) electrons. The summed E-state index contributed by atoms with van der Waals surface area (Å²) in [5, 5.41) is 3.37. The molecule has 1 fully saturated rings. The van der Waals surface area contributed by atoms with Crippen LogP contribution in [0.1, 0.15) is 19.8 Å². The third kappa shape index (κ3) is 2.98. The molecule has 0 aliphatic carbocycles. The van der Waals surface area contributed by atoms with Gasteiger partial charge < -0.3 is 4.90 Å². The standard InChI is InChI=1S/C9H16BNS/c1-8(10)7-12-9(2)11-5-3-4-6-11/h7H,2-6,10H2,1H3/b8-7+. The van der Waals surface area contributed by atoms with Crippen LogP contribution in [0.3, 0.4) is 0 Å². The average Bonchev–Trinajstić information content (AvgIpc) is 2.51. The molecule has 3 heteroatoms. The molecule has 0 aromatic heterocycles. The molecule has 66 valence electrons. The van der Waals surface area contributed by atoms with E-state index in [0.717, 1.165) is 0 Å². The molecule has 0 aromatic rings. The van der Waals surface area contributed by atoms with Crippen molar-refractivity contribution >= 4 is 19.6 Å². The van der Waals surface area contributed by atoms with E-state index in [-0.39, 0.29) is 0 Å². The Morgan fingerprint density at radius 2 is 2.08 bits per heavy atom. The Morgan fingerprint density at radius 1 is 1.50 bits per heavy atom. The van der Waals surface area contributed by atoms with Crippen LogP contribution >= 0.6 is 11.8 Å². The van der Waals surface area contributed by atoms with Gasteiger partial charge in [0, 0.05) is 13.1 Å². The second-order valence-corrected chi connectivity index (χ2v) is 4.34. The van der Waals surface area contributed by atoms with Gasteiger partial charge in [-0.05, 0) is 18.2 Å². The number of thioether (sulfide) groups is 1. The topological polar surface area (TPSA) is 3.24 Å². The Bertz CT molecular complexity index is 191. The van der Waals surface area contributed by atoms with Crippen molar-refractivity contribution in [1.82, 2.24) is 4.90 Å². The zero-order valence-electron chi connectivity index (χ0n) is 7.97. The van der Waals surface area contributed by atoms with E-state index in [1.54, 1.807) is 11.8 Å². The third-order valence-corrected chi connectivity index (χ3v) is 3.01. The first kappa shape index (κ1) is 9.78. The quantitative estimate of drug-likeness (QED) is 0.610. The molecule has 0 atom stereocenters. The minimum absolute atomic E-state index is 1.20. The number of allylic oxidation sites excluding steroid dienone is 1. The Kier molecular flexibility index (Phi) is 3.79. The Morgan fingerprint density at radius 3 is 2.58 bits per heavy atom. The van der Waals surface area contributed by atoms with E-state index < -0.39 is 0 Å². The van der Waals surface area contributed by atoms with Crippen LogP contribution in [-0.4, -0.2) is 25.8 Å². The fourth-order valence-electron chi connectivity index (χ4n) is 1.23. The van der Waals surface area contributed by atoms with Crippen LogP contribution < -0.4 is 0 Å². The van der Waals surface area contributed by atoms with Crippen molar-refractivity contribution in [2.24, 2.45) is 0 Å². The molecule has 12 heavy (non-hydrogen) atoms. The van der Waals surface area contributed by atoms with Crippen LogP contribution in [0.15, 0.2) is 22.5 Å². The summed E-state index contributed by atoms with van der Waals surface area (Å²) in [5.74, 6) is 0. The van der Waals surface area contributed by atoms with Crippen molar-refractivity contribution in [3.63, 3.8) is 0 Å². The van der Waals surface area contributed by atoms with Crippen molar-refractivity contribution in [3.8, 4) is 0 Å². The molecule has 1 heterocycles. The summed E-state index contributed by atoms with van der Waals surface area (Å²) >= 11 is 1.75. The summed E-state index contributed by atoms with van der Waals surface area (Å²) in [6.45, 7) is 8.56. The molecule has 1 rings (SSSR count). The highest BCUT2D eigenvalue weighted by molar-refractivity contribution is 8.05. The largest absolute Gasteiger partial charge is 0.367 e. The van der Waals surface area contributed by atoms with Crippen LogP contribution in [0, 0.1) is 0 Å². The maximum absolute atomic E-state index is 4.05. The van der Waals surface area contributed by atoms with Gasteiger partial charge in [-0.3, -0.25) is 0 Å². The van der Waals surface area contributed by atoms with Crippen molar-refractivity contribution < 1.29 is 0 Å². The molecule has 1 saturated heterocycles. The summed E-state index contributed by atoms with van der Waals surface area (Å²) in [6, 6.07) is 0. The monoisotopic (exact) mass is 181 g/mol. The highest BCUT2D eigenvalue weighted by atomic mass is 32.2. The summed E-state index contributed by atoms with van der Waals surface area (Å²) in [7, 11) is 2.12. The van der Waals surface area contributed by atoms with Gasteiger partial charge >= 0.3 is 0 Å². The first-order chi connectivity index (χ1) is 5.70. The van der Waals surface area contributed by atoms with Gasteiger partial charge in [0.25, 0.3) is 0 Å². The maximum atomic E-state index is 4.05. The zero-order chi connectivity index (χ0) is 8.97. The lowest BCUT2D eigenvalue weighted by Crippen LogP contribution is -2.15. The second-order valence-electron chi connectivity index (χ2n) is 3.40. The van der Waals surface area contributed by atoms with Crippen molar-refractivity contribution in [2.45, 2.75) is 19.8 Å². The Balaban J connectivity index is 2.32. The van der Waals surface area contributed by atoms with Gasteiger partial charge in [0.2, 0.25) is 0 Å². The third-order valence-electron chi connectivity index (χ3n) is 1.89. The van der Waals surface area contributed by atoms with E-state index in [1.807, 2.05) is 0 Å².